The predicted octanol–water partition coefficient (Wildman–Crippen LogP) is 3.61. The molecule has 4 nitrogen and oxygen atoms in total. The third-order valence-corrected chi connectivity index (χ3v) is 1.93. The average Bonchev–Trinajstić information content (AvgIpc) is 2.23. The van der Waals surface area contributed by atoms with Crippen LogP contribution in [-0.4, -0.2) is 6.54 Å². The Morgan fingerprint density at radius 2 is 2.12 bits per heavy atom. The van der Waals surface area contributed by atoms with Crippen LogP contribution in [0.15, 0.2) is 29.4 Å². The van der Waals surface area contributed by atoms with Gasteiger partial charge in [-0.25, -0.2) is 0 Å². The molecule has 0 aliphatic rings. The highest BCUT2D eigenvalue weighted by Gasteiger charge is 2.32. The van der Waals surface area contributed by atoms with Crippen LogP contribution in [0.5, 0.6) is 0 Å². The van der Waals surface area contributed by atoms with E-state index < -0.39 is 11.7 Å². The molecule has 7 heteroatoms. The SMILES string of the molecule is [N-]=[N+]=NCC=Cc1cc(N)ccc1C(F)(F)F. The van der Waals surface area contributed by atoms with Crippen molar-refractivity contribution in [2.75, 3.05) is 12.3 Å². The minimum atomic E-state index is -4.44. The van der Waals surface area contributed by atoms with Crippen LogP contribution in [0.3, 0.4) is 0 Å². The highest BCUT2D eigenvalue weighted by Crippen LogP contribution is 2.33. The van der Waals surface area contributed by atoms with E-state index in [9.17, 15) is 13.2 Å². The summed E-state index contributed by atoms with van der Waals surface area (Å²) in [5.41, 5.74) is 12.8. The molecule has 0 atom stereocenters. The first-order chi connectivity index (χ1) is 7.95. The maximum atomic E-state index is 12.6. The molecule has 0 unspecified atom stereocenters. The fourth-order valence-electron chi connectivity index (χ4n) is 1.24. The lowest BCUT2D eigenvalue weighted by molar-refractivity contribution is -0.137. The fourth-order valence-corrected chi connectivity index (χ4v) is 1.24. The van der Waals surface area contributed by atoms with Crippen LogP contribution in [0.1, 0.15) is 11.1 Å². The van der Waals surface area contributed by atoms with Gasteiger partial charge in [0.2, 0.25) is 0 Å². The smallest absolute Gasteiger partial charge is 0.399 e. The Hall–Kier alpha value is -2.14. The first-order valence-corrected chi connectivity index (χ1v) is 4.59. The summed E-state index contributed by atoms with van der Waals surface area (Å²) in [6.45, 7) is -0.0113. The van der Waals surface area contributed by atoms with Gasteiger partial charge < -0.3 is 5.73 Å². The molecular formula is C10H9F3N4. The van der Waals surface area contributed by atoms with Crippen molar-refractivity contribution < 1.29 is 13.2 Å². The van der Waals surface area contributed by atoms with Gasteiger partial charge in [-0.1, -0.05) is 17.3 Å². The highest BCUT2D eigenvalue weighted by molar-refractivity contribution is 5.60. The molecule has 0 saturated heterocycles. The summed E-state index contributed by atoms with van der Waals surface area (Å²) < 4.78 is 37.8. The number of alkyl halides is 3. The molecule has 0 aliphatic carbocycles. The Morgan fingerprint density at radius 1 is 1.41 bits per heavy atom. The van der Waals surface area contributed by atoms with Crippen molar-refractivity contribution in [2.45, 2.75) is 6.18 Å². The molecule has 0 amide bonds. The Balaban J connectivity index is 3.07. The quantitative estimate of drug-likeness (QED) is 0.374. The van der Waals surface area contributed by atoms with E-state index in [2.05, 4.69) is 10.0 Å². The van der Waals surface area contributed by atoms with Gasteiger partial charge in [-0.15, -0.1) is 0 Å². The van der Waals surface area contributed by atoms with Crippen molar-refractivity contribution in [1.82, 2.24) is 0 Å². The molecule has 0 aromatic heterocycles. The summed E-state index contributed by atoms with van der Waals surface area (Å²) in [6, 6.07) is 3.32. The molecule has 0 bridgehead atoms. The van der Waals surface area contributed by atoms with Crippen LogP contribution in [0.2, 0.25) is 0 Å². The number of benzene rings is 1. The number of halogens is 3. The molecule has 1 aromatic rings. The average molecular weight is 242 g/mol. The number of azide groups is 1. The predicted molar refractivity (Wildman–Crippen MR) is 58.9 cm³/mol. The number of nitrogen functional groups attached to an aromatic ring is 1. The largest absolute Gasteiger partial charge is 0.416 e. The van der Waals surface area contributed by atoms with E-state index in [4.69, 9.17) is 11.3 Å². The summed E-state index contributed by atoms with van der Waals surface area (Å²) in [5, 5.41) is 3.18. The van der Waals surface area contributed by atoms with Crippen molar-refractivity contribution in [2.24, 2.45) is 5.11 Å². The van der Waals surface area contributed by atoms with Crippen LogP contribution in [0.25, 0.3) is 16.5 Å². The van der Waals surface area contributed by atoms with Gasteiger partial charge in [-0.05, 0) is 29.3 Å². The minimum Gasteiger partial charge on any atom is -0.399 e. The lowest BCUT2D eigenvalue weighted by Crippen LogP contribution is -2.07. The number of anilines is 1. The van der Waals surface area contributed by atoms with Gasteiger partial charge in [0.15, 0.2) is 0 Å². The van der Waals surface area contributed by atoms with E-state index in [1.165, 1.54) is 24.3 Å². The monoisotopic (exact) mass is 242 g/mol. The fraction of sp³-hybridized carbons (Fsp3) is 0.200. The molecule has 0 saturated carbocycles. The van der Waals surface area contributed by atoms with Crippen LogP contribution >= 0.6 is 0 Å². The normalized spacial score (nSPS) is 11.5. The van der Waals surface area contributed by atoms with Crippen molar-refractivity contribution >= 4 is 11.8 Å². The zero-order valence-electron chi connectivity index (χ0n) is 8.65. The summed E-state index contributed by atoms with van der Waals surface area (Å²) in [6.07, 6.45) is -1.87. The second kappa shape index (κ2) is 5.27. The summed E-state index contributed by atoms with van der Waals surface area (Å²) in [4.78, 5) is 2.48. The van der Waals surface area contributed by atoms with Gasteiger partial charge in [-0.3, -0.25) is 0 Å². The summed E-state index contributed by atoms with van der Waals surface area (Å²) in [7, 11) is 0. The Kier molecular flexibility index (Phi) is 4.01. The number of nitrogens with zero attached hydrogens (tertiary/aromatic N) is 3. The molecule has 0 fully saturated rings. The molecule has 0 spiro atoms. The second-order valence-corrected chi connectivity index (χ2v) is 3.16. The van der Waals surface area contributed by atoms with E-state index in [1.807, 2.05) is 0 Å². The van der Waals surface area contributed by atoms with E-state index in [-0.39, 0.29) is 17.8 Å². The van der Waals surface area contributed by atoms with Crippen molar-refractivity contribution in [3.8, 4) is 0 Å². The lowest BCUT2D eigenvalue weighted by Gasteiger charge is -2.10. The van der Waals surface area contributed by atoms with Gasteiger partial charge in [0.1, 0.15) is 0 Å². The number of hydrogen-bond donors (Lipinski definition) is 1. The first-order valence-electron chi connectivity index (χ1n) is 4.59. The molecule has 90 valence electrons. The Labute approximate surface area is 95.2 Å². The van der Waals surface area contributed by atoms with Gasteiger partial charge >= 0.3 is 6.18 Å². The van der Waals surface area contributed by atoms with E-state index >= 15 is 0 Å². The van der Waals surface area contributed by atoms with Crippen molar-refractivity contribution in [3.05, 3.63) is 45.8 Å². The van der Waals surface area contributed by atoms with E-state index in [0.717, 1.165) is 6.07 Å². The van der Waals surface area contributed by atoms with Crippen LogP contribution in [0.4, 0.5) is 18.9 Å². The first kappa shape index (κ1) is 12.9. The number of nitrogens with two attached hydrogens (primary N) is 1. The standard InChI is InChI=1S/C10H9F3N4/c11-10(12,13)9-4-3-8(14)6-7(9)2-1-5-16-17-15/h1-4,6H,5,14H2. The van der Waals surface area contributed by atoms with E-state index in [0.29, 0.717) is 0 Å². The topological polar surface area (TPSA) is 74.8 Å². The van der Waals surface area contributed by atoms with E-state index in [1.54, 1.807) is 0 Å². The minimum absolute atomic E-state index is 0.0113. The summed E-state index contributed by atoms with van der Waals surface area (Å²) in [5.74, 6) is 0. The van der Waals surface area contributed by atoms with Crippen LogP contribution in [-0.2, 0) is 6.18 Å². The Morgan fingerprint density at radius 3 is 2.71 bits per heavy atom. The molecule has 1 aromatic carbocycles. The zero-order chi connectivity index (χ0) is 12.9. The lowest BCUT2D eigenvalue weighted by atomic mass is 10.1. The maximum Gasteiger partial charge on any atom is 0.416 e. The molecule has 2 N–H and O–H groups in total. The van der Waals surface area contributed by atoms with Crippen molar-refractivity contribution in [1.29, 1.82) is 0 Å². The van der Waals surface area contributed by atoms with Gasteiger partial charge in [-0.2, -0.15) is 13.2 Å². The molecule has 0 heterocycles. The third kappa shape index (κ3) is 3.73. The van der Waals surface area contributed by atoms with Crippen molar-refractivity contribution in [3.63, 3.8) is 0 Å². The maximum absolute atomic E-state index is 12.6. The van der Waals surface area contributed by atoms with Gasteiger partial charge in [0.25, 0.3) is 0 Å². The Bertz CT molecular complexity index is 473. The highest BCUT2D eigenvalue weighted by atomic mass is 19.4. The molecule has 0 radical (unpaired) electrons. The summed E-state index contributed by atoms with van der Waals surface area (Å²) >= 11 is 0. The van der Waals surface area contributed by atoms with Crippen LogP contribution < -0.4 is 5.73 Å². The molecule has 1 rings (SSSR count). The molecule has 17 heavy (non-hydrogen) atoms. The van der Waals surface area contributed by atoms with Gasteiger partial charge in [0, 0.05) is 17.1 Å². The second-order valence-electron chi connectivity index (χ2n) is 3.16. The molecular weight excluding hydrogens is 233 g/mol. The number of rotatable bonds is 3. The third-order valence-electron chi connectivity index (χ3n) is 1.93. The number of hydrogen-bond acceptors (Lipinski definition) is 2. The van der Waals surface area contributed by atoms with Gasteiger partial charge in [0.05, 0.1) is 5.56 Å². The zero-order valence-corrected chi connectivity index (χ0v) is 8.65. The van der Waals surface area contributed by atoms with Crippen LogP contribution in [0, 0.1) is 0 Å². The molecule has 0 aliphatic heterocycles.